The van der Waals surface area contributed by atoms with Gasteiger partial charge in [-0.05, 0) is 44.5 Å². The Bertz CT molecular complexity index is 1160. The molecular formula is C28H35ClFN5O3. The van der Waals surface area contributed by atoms with E-state index in [1.807, 2.05) is 39.0 Å². The van der Waals surface area contributed by atoms with Gasteiger partial charge in [0.25, 0.3) is 5.91 Å². The lowest BCUT2D eigenvalue weighted by molar-refractivity contribution is -0.133. The van der Waals surface area contributed by atoms with E-state index in [9.17, 15) is 14.0 Å². The molecule has 3 amide bonds. The Labute approximate surface area is 228 Å². The van der Waals surface area contributed by atoms with Crippen LogP contribution in [0, 0.1) is 5.82 Å². The van der Waals surface area contributed by atoms with E-state index in [2.05, 4.69) is 15.3 Å². The number of carbonyl (C=O) groups excluding carboxylic acids is 2. The van der Waals surface area contributed by atoms with Crippen LogP contribution in [0.4, 0.5) is 9.18 Å². The number of morpholine rings is 1. The number of halogens is 2. The van der Waals surface area contributed by atoms with E-state index in [0.29, 0.717) is 43.5 Å². The summed E-state index contributed by atoms with van der Waals surface area (Å²) in [5, 5.41) is 9.60. The highest BCUT2D eigenvalue weighted by Crippen LogP contribution is 2.34. The van der Waals surface area contributed by atoms with Gasteiger partial charge in [-0.3, -0.25) is 9.69 Å². The fourth-order valence-corrected chi connectivity index (χ4v) is 4.76. The standard InChI is InChI=1S/C28H35ClFN5O3/c1-28(2,3)31-27(37)34(13-12-33-14-16-38-17-15-33)19-26(36)35-25(20-8-10-21(30)11-9-20)18-24(32-35)22-6-4-5-7-23(22)29/h4-11,25H,12-19H2,1-3H3,(H,31,37)/t25-/m0/s1. The first kappa shape index (κ1) is 28.0. The zero-order valence-corrected chi connectivity index (χ0v) is 22.9. The number of hydrogen-bond acceptors (Lipinski definition) is 5. The van der Waals surface area contributed by atoms with Crippen molar-refractivity contribution < 1.29 is 18.7 Å². The van der Waals surface area contributed by atoms with Gasteiger partial charge in [-0.2, -0.15) is 5.10 Å². The lowest BCUT2D eigenvalue weighted by Gasteiger charge is -2.32. The lowest BCUT2D eigenvalue weighted by atomic mass is 9.98. The van der Waals surface area contributed by atoms with Crippen molar-refractivity contribution in [1.29, 1.82) is 0 Å². The monoisotopic (exact) mass is 543 g/mol. The number of nitrogens with zero attached hydrogens (tertiary/aromatic N) is 4. The maximum Gasteiger partial charge on any atom is 0.318 e. The van der Waals surface area contributed by atoms with Crippen molar-refractivity contribution in [3.8, 4) is 0 Å². The van der Waals surface area contributed by atoms with E-state index in [1.54, 1.807) is 18.2 Å². The molecule has 1 N–H and O–H groups in total. The van der Waals surface area contributed by atoms with Crippen molar-refractivity contribution in [3.63, 3.8) is 0 Å². The van der Waals surface area contributed by atoms with Gasteiger partial charge in [0.1, 0.15) is 12.4 Å². The number of amides is 3. The van der Waals surface area contributed by atoms with Crippen molar-refractivity contribution in [3.05, 3.63) is 70.5 Å². The SMILES string of the molecule is CC(C)(C)NC(=O)N(CCN1CCOCC1)CC(=O)N1N=C(c2ccccc2Cl)C[C@H]1c1ccc(F)cc1. The predicted molar refractivity (Wildman–Crippen MR) is 146 cm³/mol. The molecule has 0 saturated carbocycles. The number of ether oxygens (including phenoxy) is 1. The summed E-state index contributed by atoms with van der Waals surface area (Å²) < 4.78 is 19.1. The van der Waals surface area contributed by atoms with Crippen LogP contribution < -0.4 is 5.32 Å². The Balaban J connectivity index is 1.58. The second-order valence-electron chi connectivity index (χ2n) is 10.6. The molecule has 10 heteroatoms. The van der Waals surface area contributed by atoms with Crippen LogP contribution in [0.1, 0.15) is 44.4 Å². The molecule has 4 rings (SSSR count). The Morgan fingerprint density at radius 2 is 1.82 bits per heavy atom. The van der Waals surface area contributed by atoms with Crippen molar-refractivity contribution in [1.82, 2.24) is 20.1 Å². The van der Waals surface area contributed by atoms with Gasteiger partial charge in [-0.1, -0.05) is 41.9 Å². The minimum absolute atomic E-state index is 0.150. The highest BCUT2D eigenvalue weighted by atomic mass is 35.5. The van der Waals surface area contributed by atoms with E-state index in [-0.39, 0.29) is 24.3 Å². The Morgan fingerprint density at radius 1 is 1.13 bits per heavy atom. The van der Waals surface area contributed by atoms with Gasteiger partial charge >= 0.3 is 6.03 Å². The average molecular weight is 544 g/mol. The molecule has 1 atom stereocenters. The Hall–Kier alpha value is -3.01. The molecule has 204 valence electrons. The summed E-state index contributed by atoms with van der Waals surface area (Å²) in [5.74, 6) is -0.683. The van der Waals surface area contributed by atoms with Crippen LogP contribution in [0.3, 0.4) is 0 Å². The van der Waals surface area contributed by atoms with Crippen molar-refractivity contribution >= 4 is 29.3 Å². The summed E-state index contributed by atoms with van der Waals surface area (Å²) in [4.78, 5) is 30.7. The third-order valence-corrected chi connectivity index (χ3v) is 6.82. The van der Waals surface area contributed by atoms with Crippen LogP contribution >= 0.6 is 11.6 Å². The number of rotatable bonds is 7. The molecule has 38 heavy (non-hydrogen) atoms. The molecule has 8 nitrogen and oxygen atoms in total. The zero-order chi connectivity index (χ0) is 27.3. The number of urea groups is 1. The molecule has 0 unspecified atom stereocenters. The first-order valence-corrected chi connectivity index (χ1v) is 13.3. The summed E-state index contributed by atoms with van der Waals surface area (Å²) >= 11 is 6.44. The smallest absolute Gasteiger partial charge is 0.318 e. The Kier molecular flexibility index (Phi) is 9.02. The summed E-state index contributed by atoms with van der Waals surface area (Å²) in [5.41, 5.74) is 1.70. The van der Waals surface area contributed by atoms with Gasteiger partial charge in [0, 0.05) is 48.7 Å². The van der Waals surface area contributed by atoms with Gasteiger partial charge in [-0.15, -0.1) is 0 Å². The number of hydrazone groups is 1. The van der Waals surface area contributed by atoms with E-state index < -0.39 is 11.6 Å². The molecular weight excluding hydrogens is 509 g/mol. The average Bonchev–Trinajstić information content (AvgIpc) is 3.32. The van der Waals surface area contributed by atoms with E-state index >= 15 is 0 Å². The maximum atomic E-state index is 13.7. The van der Waals surface area contributed by atoms with Crippen molar-refractivity contribution in [2.75, 3.05) is 45.9 Å². The van der Waals surface area contributed by atoms with Gasteiger partial charge in [0.15, 0.2) is 0 Å². The van der Waals surface area contributed by atoms with Gasteiger partial charge < -0.3 is 15.0 Å². The van der Waals surface area contributed by atoms with Crippen LogP contribution in [-0.2, 0) is 9.53 Å². The van der Waals surface area contributed by atoms with E-state index in [1.165, 1.54) is 22.0 Å². The number of benzene rings is 2. The maximum absolute atomic E-state index is 13.7. The first-order chi connectivity index (χ1) is 18.1. The Morgan fingerprint density at radius 3 is 2.47 bits per heavy atom. The molecule has 0 bridgehead atoms. The first-order valence-electron chi connectivity index (χ1n) is 12.9. The summed E-state index contributed by atoms with van der Waals surface area (Å²) in [6, 6.07) is 12.7. The molecule has 1 fully saturated rings. The molecule has 2 aromatic rings. The quantitative estimate of drug-likeness (QED) is 0.565. The largest absolute Gasteiger partial charge is 0.379 e. The van der Waals surface area contributed by atoms with E-state index in [4.69, 9.17) is 16.3 Å². The van der Waals surface area contributed by atoms with Crippen LogP contribution in [0.25, 0.3) is 0 Å². The second-order valence-corrected chi connectivity index (χ2v) is 11.0. The predicted octanol–water partition coefficient (Wildman–Crippen LogP) is 4.30. The van der Waals surface area contributed by atoms with Crippen LogP contribution in [0.15, 0.2) is 53.6 Å². The number of nitrogens with one attached hydrogen (secondary N) is 1. The summed E-state index contributed by atoms with van der Waals surface area (Å²) in [6.07, 6.45) is 0.420. The molecule has 0 radical (unpaired) electrons. The highest BCUT2D eigenvalue weighted by Gasteiger charge is 2.35. The van der Waals surface area contributed by atoms with Crippen LogP contribution in [0.5, 0.6) is 0 Å². The normalized spacial score (nSPS) is 18.3. The van der Waals surface area contributed by atoms with Crippen LogP contribution in [0.2, 0.25) is 5.02 Å². The number of carbonyl (C=O) groups is 2. The minimum atomic E-state index is -0.461. The van der Waals surface area contributed by atoms with Crippen molar-refractivity contribution in [2.24, 2.45) is 5.10 Å². The third-order valence-electron chi connectivity index (χ3n) is 6.49. The molecule has 0 aliphatic carbocycles. The molecule has 0 aromatic heterocycles. The topological polar surface area (TPSA) is 77.5 Å². The molecule has 2 aliphatic heterocycles. The fourth-order valence-electron chi connectivity index (χ4n) is 4.52. The third kappa shape index (κ3) is 7.30. The van der Waals surface area contributed by atoms with Gasteiger partial charge in [0.2, 0.25) is 0 Å². The van der Waals surface area contributed by atoms with Gasteiger partial charge in [-0.25, -0.2) is 14.2 Å². The van der Waals surface area contributed by atoms with Crippen molar-refractivity contribution in [2.45, 2.75) is 38.8 Å². The molecule has 2 heterocycles. The fraction of sp³-hybridized carbons (Fsp3) is 0.464. The second kappa shape index (κ2) is 12.2. The molecule has 1 saturated heterocycles. The lowest BCUT2D eigenvalue weighted by Crippen LogP contribution is -2.53. The molecule has 2 aromatic carbocycles. The summed E-state index contributed by atoms with van der Waals surface area (Å²) in [7, 11) is 0. The minimum Gasteiger partial charge on any atom is -0.379 e. The van der Waals surface area contributed by atoms with Crippen LogP contribution in [-0.4, -0.2) is 83.9 Å². The van der Waals surface area contributed by atoms with E-state index in [0.717, 1.165) is 24.2 Å². The number of hydrogen-bond donors (Lipinski definition) is 1. The zero-order valence-electron chi connectivity index (χ0n) is 22.1. The highest BCUT2D eigenvalue weighted by molar-refractivity contribution is 6.34. The summed E-state index contributed by atoms with van der Waals surface area (Å²) in [6.45, 7) is 9.43. The van der Waals surface area contributed by atoms with Gasteiger partial charge in [0.05, 0.1) is 25.0 Å². The molecule has 0 spiro atoms. The molecule has 2 aliphatic rings.